The van der Waals surface area contributed by atoms with E-state index in [0.717, 1.165) is 12.8 Å². The van der Waals surface area contributed by atoms with Crippen LogP contribution in [0.5, 0.6) is 0 Å². The van der Waals surface area contributed by atoms with E-state index in [2.05, 4.69) is 21.2 Å². The van der Waals surface area contributed by atoms with Crippen LogP contribution >= 0.6 is 15.9 Å². The Kier molecular flexibility index (Phi) is 5.94. The zero-order valence-corrected chi connectivity index (χ0v) is 12.8. The van der Waals surface area contributed by atoms with Crippen LogP contribution in [0.25, 0.3) is 0 Å². The van der Waals surface area contributed by atoms with E-state index in [1.807, 2.05) is 13.8 Å². The van der Waals surface area contributed by atoms with Gasteiger partial charge in [-0.25, -0.2) is 4.39 Å². The second-order valence-corrected chi connectivity index (χ2v) is 6.17. The first kappa shape index (κ1) is 16.1. The van der Waals surface area contributed by atoms with Crippen LogP contribution in [0.3, 0.4) is 0 Å². The number of rotatable bonds is 6. The number of amides is 1. The Labute approximate surface area is 121 Å². The Morgan fingerprint density at radius 2 is 2.16 bits per heavy atom. The number of hydrogen-bond acceptors (Lipinski definition) is 2. The van der Waals surface area contributed by atoms with Crippen LogP contribution in [-0.2, 0) is 0 Å². The molecule has 0 aliphatic heterocycles. The summed E-state index contributed by atoms with van der Waals surface area (Å²) in [7, 11) is 0. The van der Waals surface area contributed by atoms with Gasteiger partial charge < -0.3 is 10.4 Å². The molecule has 1 amide bonds. The van der Waals surface area contributed by atoms with Gasteiger partial charge in [0.05, 0.1) is 4.47 Å². The maximum Gasteiger partial charge on any atom is 0.251 e. The lowest BCUT2D eigenvalue weighted by Gasteiger charge is -2.21. The monoisotopic (exact) mass is 331 g/mol. The summed E-state index contributed by atoms with van der Waals surface area (Å²) >= 11 is 3.04. The highest BCUT2D eigenvalue weighted by Crippen LogP contribution is 2.20. The number of carbonyl (C=O) groups excluding carboxylic acids is 1. The first-order chi connectivity index (χ1) is 8.85. The molecule has 0 atom stereocenters. The van der Waals surface area contributed by atoms with Gasteiger partial charge in [0.15, 0.2) is 0 Å². The summed E-state index contributed by atoms with van der Waals surface area (Å²) in [5.41, 5.74) is 0.177. The second kappa shape index (κ2) is 7.01. The summed E-state index contributed by atoms with van der Waals surface area (Å²) < 4.78 is 13.6. The van der Waals surface area contributed by atoms with Gasteiger partial charge in [0.1, 0.15) is 5.82 Å². The van der Waals surface area contributed by atoms with Gasteiger partial charge in [-0.3, -0.25) is 4.79 Å². The van der Waals surface area contributed by atoms with E-state index in [-0.39, 0.29) is 17.9 Å². The number of benzene rings is 1. The highest BCUT2D eigenvalue weighted by atomic mass is 79.9. The van der Waals surface area contributed by atoms with Gasteiger partial charge in [0, 0.05) is 18.7 Å². The average Bonchev–Trinajstić information content (AvgIpc) is 2.37. The van der Waals surface area contributed by atoms with Gasteiger partial charge in [-0.2, -0.15) is 0 Å². The molecule has 1 aromatic carbocycles. The van der Waals surface area contributed by atoms with E-state index in [1.165, 1.54) is 12.1 Å². The zero-order chi connectivity index (χ0) is 14.5. The molecular formula is C14H19BrFNO2. The summed E-state index contributed by atoms with van der Waals surface area (Å²) in [6.07, 6.45) is 1.59. The summed E-state index contributed by atoms with van der Waals surface area (Å²) in [6.45, 7) is 4.58. The van der Waals surface area contributed by atoms with Crippen molar-refractivity contribution in [3.63, 3.8) is 0 Å². The second-order valence-electron chi connectivity index (χ2n) is 5.31. The normalized spacial score (nSPS) is 11.4. The van der Waals surface area contributed by atoms with Crippen molar-refractivity contribution < 1.29 is 14.3 Å². The summed E-state index contributed by atoms with van der Waals surface area (Å²) in [5.74, 6) is -0.734. The van der Waals surface area contributed by atoms with Crippen molar-refractivity contribution in [3.05, 3.63) is 34.1 Å². The number of hydrogen-bond donors (Lipinski definition) is 2. The predicted octanol–water partition coefficient (Wildman–Crippen LogP) is 3.12. The lowest BCUT2D eigenvalue weighted by molar-refractivity contribution is 0.0948. The van der Waals surface area contributed by atoms with E-state index in [0.29, 0.717) is 16.6 Å². The van der Waals surface area contributed by atoms with Gasteiger partial charge in [0.2, 0.25) is 0 Å². The van der Waals surface area contributed by atoms with Gasteiger partial charge in [0.25, 0.3) is 5.91 Å². The molecule has 0 aliphatic rings. The van der Waals surface area contributed by atoms with E-state index in [4.69, 9.17) is 5.11 Å². The van der Waals surface area contributed by atoms with Gasteiger partial charge in [-0.1, -0.05) is 13.8 Å². The Bertz CT molecular complexity index is 449. The van der Waals surface area contributed by atoms with E-state index >= 15 is 0 Å². The highest BCUT2D eigenvalue weighted by molar-refractivity contribution is 9.10. The minimum atomic E-state index is -0.450. The van der Waals surface area contributed by atoms with Crippen LogP contribution in [0.15, 0.2) is 22.7 Å². The maximum atomic E-state index is 13.3. The van der Waals surface area contributed by atoms with Crippen molar-refractivity contribution in [2.24, 2.45) is 5.41 Å². The van der Waals surface area contributed by atoms with Crippen LogP contribution < -0.4 is 5.32 Å². The quantitative estimate of drug-likeness (QED) is 0.787. The lowest BCUT2D eigenvalue weighted by Crippen LogP contribution is -2.26. The first-order valence-corrected chi connectivity index (χ1v) is 6.99. The van der Waals surface area contributed by atoms with Gasteiger partial charge >= 0.3 is 0 Å². The van der Waals surface area contributed by atoms with Crippen molar-refractivity contribution >= 4 is 21.8 Å². The molecule has 106 valence electrons. The van der Waals surface area contributed by atoms with Crippen molar-refractivity contribution in [1.82, 2.24) is 5.32 Å². The van der Waals surface area contributed by atoms with Gasteiger partial charge in [-0.15, -0.1) is 0 Å². The van der Waals surface area contributed by atoms with Crippen LogP contribution in [0.4, 0.5) is 4.39 Å². The number of aliphatic hydroxyl groups excluding tert-OH is 1. The topological polar surface area (TPSA) is 49.3 Å². The molecule has 0 radical (unpaired) electrons. The fourth-order valence-electron chi connectivity index (χ4n) is 1.59. The Hall–Kier alpha value is -0.940. The Morgan fingerprint density at radius 3 is 2.74 bits per heavy atom. The Morgan fingerprint density at radius 1 is 1.47 bits per heavy atom. The van der Waals surface area contributed by atoms with E-state index < -0.39 is 5.82 Å². The third-order valence-electron chi connectivity index (χ3n) is 2.93. The van der Waals surface area contributed by atoms with Crippen LogP contribution in [0, 0.1) is 11.2 Å². The van der Waals surface area contributed by atoms with Crippen LogP contribution in [0.1, 0.15) is 37.0 Å². The largest absolute Gasteiger partial charge is 0.396 e. The molecule has 1 aromatic rings. The molecule has 0 fully saturated rings. The summed E-state index contributed by atoms with van der Waals surface area (Å²) in [6, 6.07) is 4.29. The molecule has 0 saturated heterocycles. The third kappa shape index (κ3) is 5.28. The van der Waals surface area contributed by atoms with Crippen LogP contribution in [0.2, 0.25) is 0 Å². The molecule has 0 unspecified atom stereocenters. The van der Waals surface area contributed by atoms with Crippen molar-refractivity contribution in [1.29, 1.82) is 0 Å². The molecular weight excluding hydrogens is 313 g/mol. The molecule has 1 rings (SSSR count). The smallest absolute Gasteiger partial charge is 0.251 e. The molecule has 0 spiro atoms. The molecule has 0 heterocycles. The van der Waals surface area contributed by atoms with E-state index in [1.54, 1.807) is 6.07 Å². The molecule has 0 bridgehead atoms. The van der Waals surface area contributed by atoms with Crippen molar-refractivity contribution in [3.8, 4) is 0 Å². The minimum Gasteiger partial charge on any atom is -0.396 e. The third-order valence-corrected chi connectivity index (χ3v) is 3.57. The number of nitrogens with one attached hydrogen (secondary N) is 1. The minimum absolute atomic E-state index is 0.124. The van der Waals surface area contributed by atoms with Gasteiger partial charge in [-0.05, 0) is 52.4 Å². The number of halogens is 2. The molecule has 0 aliphatic carbocycles. The maximum absolute atomic E-state index is 13.3. The summed E-state index contributed by atoms with van der Waals surface area (Å²) in [4.78, 5) is 11.8. The molecule has 19 heavy (non-hydrogen) atoms. The zero-order valence-electron chi connectivity index (χ0n) is 11.2. The van der Waals surface area contributed by atoms with E-state index in [9.17, 15) is 9.18 Å². The summed E-state index contributed by atoms with van der Waals surface area (Å²) in [5, 5.41) is 11.8. The molecule has 3 nitrogen and oxygen atoms in total. The lowest BCUT2D eigenvalue weighted by atomic mass is 9.89. The highest BCUT2D eigenvalue weighted by Gasteiger charge is 2.15. The van der Waals surface area contributed by atoms with Crippen LogP contribution in [-0.4, -0.2) is 24.2 Å². The molecule has 2 N–H and O–H groups in total. The molecule has 0 saturated carbocycles. The Balaban J connectivity index is 2.41. The van der Waals surface area contributed by atoms with Crippen molar-refractivity contribution in [2.75, 3.05) is 13.2 Å². The fourth-order valence-corrected chi connectivity index (χ4v) is 1.83. The SMILES string of the molecule is CC(C)(CO)CCCNC(=O)c1ccc(Br)c(F)c1. The first-order valence-electron chi connectivity index (χ1n) is 6.20. The molecule has 5 heteroatoms. The predicted molar refractivity (Wildman–Crippen MR) is 76.5 cm³/mol. The number of aliphatic hydroxyl groups is 1. The van der Waals surface area contributed by atoms with Crippen molar-refractivity contribution in [2.45, 2.75) is 26.7 Å². The average molecular weight is 332 g/mol. The number of carbonyl (C=O) groups is 1. The fraction of sp³-hybridized carbons (Fsp3) is 0.500. The standard InChI is InChI=1S/C14H19BrFNO2/c1-14(2,9-18)6-3-7-17-13(19)10-4-5-11(15)12(16)8-10/h4-5,8,18H,3,6-7,9H2,1-2H3,(H,17,19). The molecule has 0 aromatic heterocycles.